The summed E-state index contributed by atoms with van der Waals surface area (Å²) in [6.45, 7) is 1.20. The second kappa shape index (κ2) is 9.15. The predicted octanol–water partition coefficient (Wildman–Crippen LogP) is 2.58. The van der Waals surface area contributed by atoms with Gasteiger partial charge in [0.15, 0.2) is 5.75 Å². The van der Waals surface area contributed by atoms with E-state index in [0.29, 0.717) is 29.0 Å². The quantitative estimate of drug-likeness (QED) is 0.516. The summed E-state index contributed by atoms with van der Waals surface area (Å²) >= 11 is 12.0. The van der Waals surface area contributed by atoms with Gasteiger partial charge in [-0.2, -0.15) is 4.31 Å². The SMILES string of the molecule is O=C(OCCOc1c(Cl)cccc1Cl)c1cc(S(=O)(=O)N2CCOCC2)c[nH]1. The van der Waals surface area contributed by atoms with Crippen molar-refractivity contribution in [2.75, 3.05) is 39.5 Å². The number of nitrogens with zero attached hydrogens (tertiary/aromatic N) is 1. The van der Waals surface area contributed by atoms with Gasteiger partial charge in [-0.25, -0.2) is 13.2 Å². The first kappa shape index (κ1) is 20.9. The van der Waals surface area contributed by atoms with Crippen molar-refractivity contribution in [1.82, 2.24) is 9.29 Å². The molecule has 0 atom stereocenters. The molecule has 0 bridgehead atoms. The lowest BCUT2D eigenvalue weighted by atomic mass is 10.3. The van der Waals surface area contributed by atoms with Crippen LogP contribution in [-0.2, 0) is 19.5 Å². The highest BCUT2D eigenvalue weighted by Crippen LogP contribution is 2.32. The smallest absolute Gasteiger partial charge is 0.354 e. The lowest BCUT2D eigenvalue weighted by Crippen LogP contribution is -2.40. The zero-order chi connectivity index (χ0) is 20.1. The number of rotatable bonds is 7. The van der Waals surface area contributed by atoms with Crippen molar-refractivity contribution in [3.63, 3.8) is 0 Å². The largest absolute Gasteiger partial charge is 0.487 e. The summed E-state index contributed by atoms with van der Waals surface area (Å²) in [6, 6.07) is 6.19. The minimum Gasteiger partial charge on any atom is -0.487 e. The van der Waals surface area contributed by atoms with Gasteiger partial charge in [0, 0.05) is 19.3 Å². The fraction of sp³-hybridized carbons (Fsp3) is 0.353. The van der Waals surface area contributed by atoms with Crippen molar-refractivity contribution in [3.05, 3.63) is 46.2 Å². The lowest BCUT2D eigenvalue weighted by Gasteiger charge is -2.25. The lowest BCUT2D eigenvalue weighted by molar-refractivity contribution is 0.0444. The number of H-pyrrole nitrogens is 1. The van der Waals surface area contributed by atoms with Gasteiger partial charge in [-0.1, -0.05) is 29.3 Å². The van der Waals surface area contributed by atoms with E-state index in [0.717, 1.165) is 0 Å². The Hall–Kier alpha value is -1.78. The molecule has 1 saturated heterocycles. The zero-order valence-corrected chi connectivity index (χ0v) is 17.0. The molecule has 0 saturated carbocycles. The monoisotopic (exact) mass is 448 g/mol. The minimum atomic E-state index is -3.69. The van der Waals surface area contributed by atoms with Gasteiger partial charge in [0.1, 0.15) is 23.8 Å². The first-order valence-electron chi connectivity index (χ1n) is 8.40. The highest BCUT2D eigenvalue weighted by atomic mass is 35.5. The average molecular weight is 449 g/mol. The Balaban J connectivity index is 1.54. The van der Waals surface area contributed by atoms with Crippen LogP contribution in [0.2, 0.25) is 10.0 Å². The number of halogens is 2. The number of benzene rings is 1. The highest BCUT2D eigenvalue weighted by Gasteiger charge is 2.28. The van der Waals surface area contributed by atoms with Crippen LogP contribution in [0.5, 0.6) is 5.75 Å². The average Bonchev–Trinajstić information content (AvgIpc) is 3.19. The third kappa shape index (κ3) is 4.79. The van der Waals surface area contributed by atoms with Crippen LogP contribution >= 0.6 is 23.2 Å². The molecule has 0 spiro atoms. The molecule has 3 rings (SSSR count). The van der Waals surface area contributed by atoms with E-state index in [9.17, 15) is 13.2 Å². The summed E-state index contributed by atoms with van der Waals surface area (Å²) < 4.78 is 42.1. The number of para-hydroxylation sites is 1. The van der Waals surface area contributed by atoms with Crippen molar-refractivity contribution in [1.29, 1.82) is 0 Å². The number of nitrogens with one attached hydrogen (secondary N) is 1. The molecular formula is C17H18Cl2N2O6S. The molecule has 1 fully saturated rings. The van der Waals surface area contributed by atoms with Gasteiger partial charge in [0.25, 0.3) is 0 Å². The summed E-state index contributed by atoms with van der Waals surface area (Å²) in [7, 11) is -3.69. The van der Waals surface area contributed by atoms with E-state index in [1.165, 1.54) is 16.6 Å². The molecular weight excluding hydrogens is 431 g/mol. The Morgan fingerprint density at radius 1 is 1.18 bits per heavy atom. The number of hydrogen-bond acceptors (Lipinski definition) is 6. The molecule has 1 aromatic heterocycles. The Kier molecular flexibility index (Phi) is 6.84. The second-order valence-electron chi connectivity index (χ2n) is 5.80. The third-order valence-electron chi connectivity index (χ3n) is 3.97. The van der Waals surface area contributed by atoms with Crippen molar-refractivity contribution >= 4 is 39.2 Å². The van der Waals surface area contributed by atoms with Gasteiger partial charge in [-0.3, -0.25) is 0 Å². The van der Waals surface area contributed by atoms with E-state index < -0.39 is 16.0 Å². The maximum atomic E-state index is 12.6. The summed E-state index contributed by atoms with van der Waals surface area (Å²) in [6.07, 6.45) is 1.27. The number of ether oxygens (including phenoxy) is 3. The van der Waals surface area contributed by atoms with Crippen LogP contribution in [-0.4, -0.2) is 63.2 Å². The first-order chi connectivity index (χ1) is 13.4. The Morgan fingerprint density at radius 3 is 2.54 bits per heavy atom. The minimum absolute atomic E-state index is 0.000416. The fourth-order valence-electron chi connectivity index (χ4n) is 2.55. The van der Waals surface area contributed by atoms with Crippen LogP contribution in [0.4, 0.5) is 0 Å². The zero-order valence-electron chi connectivity index (χ0n) is 14.7. The predicted molar refractivity (Wildman–Crippen MR) is 103 cm³/mol. The summed E-state index contributed by atoms with van der Waals surface area (Å²) in [5.74, 6) is -0.391. The van der Waals surface area contributed by atoms with E-state index in [-0.39, 0.29) is 36.9 Å². The number of esters is 1. The van der Waals surface area contributed by atoms with E-state index in [2.05, 4.69) is 4.98 Å². The number of aromatic amines is 1. The molecule has 2 aromatic rings. The van der Waals surface area contributed by atoms with E-state index >= 15 is 0 Å². The van der Waals surface area contributed by atoms with Gasteiger partial charge in [-0.15, -0.1) is 0 Å². The van der Waals surface area contributed by atoms with Gasteiger partial charge < -0.3 is 19.2 Å². The summed E-state index contributed by atoms with van der Waals surface area (Å²) in [5, 5.41) is 0.697. The Labute approximate surface area is 172 Å². The molecule has 0 unspecified atom stereocenters. The van der Waals surface area contributed by atoms with Crippen molar-refractivity contribution in [2.24, 2.45) is 0 Å². The second-order valence-corrected chi connectivity index (χ2v) is 8.55. The number of aromatic nitrogens is 1. The van der Waals surface area contributed by atoms with Crippen molar-refractivity contribution in [3.8, 4) is 5.75 Å². The molecule has 0 amide bonds. The molecule has 0 aliphatic carbocycles. The Bertz CT molecular complexity index is 921. The normalized spacial score (nSPS) is 15.4. The van der Waals surface area contributed by atoms with Crippen LogP contribution in [0.25, 0.3) is 0 Å². The molecule has 11 heteroatoms. The van der Waals surface area contributed by atoms with Crippen LogP contribution in [0.1, 0.15) is 10.5 Å². The number of morpholine rings is 1. The fourth-order valence-corrected chi connectivity index (χ4v) is 4.46. The molecule has 8 nitrogen and oxygen atoms in total. The van der Waals surface area contributed by atoms with Crippen LogP contribution < -0.4 is 4.74 Å². The molecule has 28 heavy (non-hydrogen) atoms. The summed E-state index contributed by atoms with van der Waals surface area (Å²) in [5.41, 5.74) is 0.0302. The molecule has 152 valence electrons. The molecule has 0 radical (unpaired) electrons. The van der Waals surface area contributed by atoms with Crippen LogP contribution in [0, 0.1) is 0 Å². The van der Waals surface area contributed by atoms with Crippen molar-refractivity contribution < 1.29 is 27.4 Å². The van der Waals surface area contributed by atoms with Gasteiger partial charge in [0.05, 0.1) is 23.3 Å². The van der Waals surface area contributed by atoms with Crippen LogP contribution in [0.15, 0.2) is 35.4 Å². The van der Waals surface area contributed by atoms with Gasteiger partial charge in [0.2, 0.25) is 10.0 Å². The maximum absolute atomic E-state index is 12.6. The standard InChI is InChI=1S/C17H18Cl2N2O6S/c18-13-2-1-3-14(19)16(13)26-8-9-27-17(22)15-10-12(11-20-15)28(23,24)21-4-6-25-7-5-21/h1-3,10-11,20H,4-9H2. The topological polar surface area (TPSA) is 97.9 Å². The molecule has 1 aliphatic rings. The van der Waals surface area contributed by atoms with E-state index in [1.807, 2.05) is 0 Å². The number of carbonyl (C=O) groups excluding carboxylic acids is 1. The Morgan fingerprint density at radius 2 is 1.86 bits per heavy atom. The third-order valence-corrected chi connectivity index (χ3v) is 6.44. The summed E-state index contributed by atoms with van der Waals surface area (Å²) in [4.78, 5) is 14.8. The first-order valence-corrected chi connectivity index (χ1v) is 10.6. The van der Waals surface area contributed by atoms with Crippen LogP contribution in [0.3, 0.4) is 0 Å². The van der Waals surface area contributed by atoms with Gasteiger partial charge in [-0.05, 0) is 18.2 Å². The maximum Gasteiger partial charge on any atom is 0.354 e. The highest BCUT2D eigenvalue weighted by molar-refractivity contribution is 7.89. The number of hydrogen-bond donors (Lipinski definition) is 1. The van der Waals surface area contributed by atoms with E-state index in [4.69, 9.17) is 37.4 Å². The van der Waals surface area contributed by atoms with Crippen molar-refractivity contribution in [2.45, 2.75) is 4.90 Å². The molecule has 2 heterocycles. The van der Waals surface area contributed by atoms with E-state index in [1.54, 1.807) is 18.2 Å². The molecule has 1 aliphatic heterocycles. The molecule has 1 N–H and O–H groups in total. The van der Waals surface area contributed by atoms with Gasteiger partial charge >= 0.3 is 5.97 Å². The molecule has 1 aromatic carbocycles. The number of sulfonamides is 1. The number of carbonyl (C=O) groups is 1.